The Bertz CT molecular complexity index is 722. The third kappa shape index (κ3) is 4.16. The van der Waals surface area contributed by atoms with E-state index >= 15 is 0 Å². The van der Waals surface area contributed by atoms with Gasteiger partial charge in [-0.2, -0.15) is 18.3 Å². The van der Waals surface area contributed by atoms with Crippen LogP contribution in [0.15, 0.2) is 40.2 Å². The van der Waals surface area contributed by atoms with Gasteiger partial charge in [0.15, 0.2) is 0 Å². The number of hydrogen-bond donors (Lipinski definition) is 2. The quantitative estimate of drug-likeness (QED) is 0.675. The molecule has 21 heavy (non-hydrogen) atoms. The first kappa shape index (κ1) is 14.8. The third-order valence-electron chi connectivity index (χ3n) is 2.47. The van der Waals surface area contributed by atoms with Crippen LogP contribution in [0.1, 0.15) is 16.8 Å². The zero-order valence-corrected chi connectivity index (χ0v) is 10.9. The molecule has 2 aromatic rings. The highest BCUT2D eigenvalue weighted by Gasteiger charge is 2.30. The molecule has 0 bridgehead atoms. The van der Waals surface area contributed by atoms with Crippen molar-refractivity contribution in [2.24, 2.45) is 5.10 Å². The molecule has 1 aromatic carbocycles. The number of aromatic amines is 1. The lowest BCUT2D eigenvalue weighted by atomic mass is 10.1. The summed E-state index contributed by atoms with van der Waals surface area (Å²) in [6.07, 6.45) is -3.20. The van der Waals surface area contributed by atoms with Gasteiger partial charge in [-0.1, -0.05) is 12.1 Å². The van der Waals surface area contributed by atoms with E-state index in [0.717, 1.165) is 12.1 Å². The number of anilines is 1. The Morgan fingerprint density at radius 1 is 1.33 bits per heavy atom. The molecule has 0 fully saturated rings. The van der Waals surface area contributed by atoms with E-state index in [0.29, 0.717) is 5.69 Å². The molecule has 0 unspecified atom stereocenters. The number of nitrogens with one attached hydrogen (secondary N) is 2. The monoisotopic (exact) mass is 296 g/mol. The van der Waals surface area contributed by atoms with E-state index in [1.807, 2.05) is 0 Å². The van der Waals surface area contributed by atoms with E-state index in [2.05, 4.69) is 20.5 Å². The first-order valence-corrected chi connectivity index (χ1v) is 5.89. The van der Waals surface area contributed by atoms with Crippen LogP contribution in [0.2, 0.25) is 0 Å². The first-order valence-electron chi connectivity index (χ1n) is 5.89. The lowest BCUT2D eigenvalue weighted by Gasteiger charge is -2.06. The Morgan fingerprint density at radius 2 is 2.10 bits per heavy atom. The van der Waals surface area contributed by atoms with E-state index in [4.69, 9.17) is 0 Å². The summed E-state index contributed by atoms with van der Waals surface area (Å²) in [6.45, 7) is 1.64. The largest absolute Gasteiger partial charge is 0.416 e. The van der Waals surface area contributed by atoms with E-state index in [1.54, 1.807) is 6.92 Å². The molecular weight excluding hydrogens is 285 g/mol. The first-order chi connectivity index (χ1) is 9.84. The van der Waals surface area contributed by atoms with E-state index in [1.165, 1.54) is 24.4 Å². The second-order valence-corrected chi connectivity index (χ2v) is 4.23. The maximum Gasteiger partial charge on any atom is 0.416 e. The Morgan fingerprint density at radius 3 is 2.76 bits per heavy atom. The number of benzene rings is 1. The van der Waals surface area contributed by atoms with Crippen molar-refractivity contribution < 1.29 is 13.2 Å². The van der Waals surface area contributed by atoms with Gasteiger partial charge in [-0.15, -0.1) is 0 Å². The van der Waals surface area contributed by atoms with Crippen LogP contribution in [-0.2, 0) is 6.18 Å². The van der Waals surface area contributed by atoms with Crippen molar-refractivity contribution in [1.29, 1.82) is 0 Å². The molecule has 0 saturated heterocycles. The van der Waals surface area contributed by atoms with Gasteiger partial charge in [-0.3, -0.25) is 9.78 Å². The zero-order chi connectivity index (χ0) is 15.5. The van der Waals surface area contributed by atoms with Crippen LogP contribution in [-0.4, -0.2) is 16.2 Å². The molecular formula is C13H11F3N4O. The molecule has 0 amide bonds. The summed E-state index contributed by atoms with van der Waals surface area (Å²) in [7, 11) is 0. The minimum atomic E-state index is -4.40. The topological polar surface area (TPSA) is 70.1 Å². The van der Waals surface area contributed by atoms with Crippen molar-refractivity contribution in [1.82, 2.24) is 9.97 Å². The van der Waals surface area contributed by atoms with Crippen LogP contribution >= 0.6 is 0 Å². The summed E-state index contributed by atoms with van der Waals surface area (Å²) in [4.78, 5) is 17.5. The van der Waals surface area contributed by atoms with Gasteiger partial charge in [0.1, 0.15) is 0 Å². The van der Waals surface area contributed by atoms with Crippen LogP contribution in [0.3, 0.4) is 0 Å². The fraction of sp³-hybridized carbons (Fsp3) is 0.154. The number of halogens is 3. The maximum atomic E-state index is 12.5. The number of H-pyrrole nitrogens is 1. The number of alkyl halides is 3. The van der Waals surface area contributed by atoms with Gasteiger partial charge in [0, 0.05) is 11.8 Å². The smallest absolute Gasteiger partial charge is 0.291 e. The van der Waals surface area contributed by atoms with Gasteiger partial charge in [0.2, 0.25) is 5.95 Å². The molecule has 2 rings (SSSR count). The fourth-order valence-corrected chi connectivity index (χ4v) is 1.60. The van der Waals surface area contributed by atoms with Crippen LogP contribution in [0, 0.1) is 6.92 Å². The highest BCUT2D eigenvalue weighted by molar-refractivity contribution is 5.80. The molecule has 0 aliphatic heterocycles. The summed E-state index contributed by atoms with van der Waals surface area (Å²) in [5.74, 6) is 0.114. The standard InChI is InChI=1S/C13H11F3N4O/c1-8-5-11(21)19-12(18-8)20-17-7-9-3-2-4-10(6-9)13(14,15)16/h2-7H,1H3,(H2,18,19,20,21)/b17-7+. The maximum absolute atomic E-state index is 12.5. The van der Waals surface area contributed by atoms with Gasteiger partial charge < -0.3 is 0 Å². The SMILES string of the molecule is Cc1cc(=O)[nH]c(N/N=C/c2cccc(C(F)(F)F)c2)n1. The van der Waals surface area contributed by atoms with Gasteiger partial charge in [0.25, 0.3) is 5.56 Å². The number of aromatic nitrogens is 2. The van der Waals surface area contributed by atoms with E-state index in [-0.39, 0.29) is 17.1 Å². The number of hydrazone groups is 1. The molecule has 8 heteroatoms. The molecule has 0 aliphatic rings. The normalized spacial score (nSPS) is 11.8. The number of aryl methyl sites for hydroxylation is 1. The Labute approximate surface area is 117 Å². The van der Waals surface area contributed by atoms with Crippen LogP contribution in [0.5, 0.6) is 0 Å². The summed E-state index contributed by atoms with van der Waals surface area (Å²) < 4.78 is 37.6. The number of rotatable bonds is 3. The van der Waals surface area contributed by atoms with Crippen LogP contribution < -0.4 is 11.0 Å². The molecule has 0 saturated carbocycles. The summed E-state index contributed by atoms with van der Waals surface area (Å²) in [5, 5.41) is 3.74. The van der Waals surface area contributed by atoms with E-state index in [9.17, 15) is 18.0 Å². The van der Waals surface area contributed by atoms with E-state index < -0.39 is 11.7 Å². The van der Waals surface area contributed by atoms with Crippen molar-refractivity contribution in [2.75, 3.05) is 5.43 Å². The summed E-state index contributed by atoms with van der Waals surface area (Å²) in [5.41, 5.74) is 2.12. The summed E-state index contributed by atoms with van der Waals surface area (Å²) >= 11 is 0. The average Bonchev–Trinajstić information content (AvgIpc) is 2.37. The van der Waals surface area contributed by atoms with Crippen molar-refractivity contribution in [3.8, 4) is 0 Å². The minimum absolute atomic E-state index is 0.114. The number of hydrogen-bond acceptors (Lipinski definition) is 4. The molecule has 0 aliphatic carbocycles. The highest BCUT2D eigenvalue weighted by atomic mass is 19.4. The molecule has 2 N–H and O–H groups in total. The predicted octanol–water partition coefficient (Wildman–Crippen LogP) is 2.54. The van der Waals surface area contributed by atoms with Crippen molar-refractivity contribution in [2.45, 2.75) is 13.1 Å². The van der Waals surface area contributed by atoms with Crippen molar-refractivity contribution >= 4 is 12.2 Å². The average molecular weight is 296 g/mol. The number of nitrogens with zero attached hydrogens (tertiary/aromatic N) is 2. The molecule has 110 valence electrons. The minimum Gasteiger partial charge on any atom is -0.291 e. The second kappa shape index (κ2) is 5.78. The van der Waals surface area contributed by atoms with Gasteiger partial charge in [-0.05, 0) is 24.6 Å². The highest BCUT2D eigenvalue weighted by Crippen LogP contribution is 2.29. The lowest BCUT2D eigenvalue weighted by molar-refractivity contribution is -0.137. The van der Waals surface area contributed by atoms with Crippen molar-refractivity contribution in [3.63, 3.8) is 0 Å². The van der Waals surface area contributed by atoms with Crippen LogP contribution in [0.4, 0.5) is 19.1 Å². The zero-order valence-electron chi connectivity index (χ0n) is 10.9. The van der Waals surface area contributed by atoms with Gasteiger partial charge in [-0.25, -0.2) is 10.4 Å². The van der Waals surface area contributed by atoms with Crippen LogP contribution in [0.25, 0.3) is 0 Å². The Balaban J connectivity index is 2.13. The van der Waals surface area contributed by atoms with Crippen molar-refractivity contribution in [3.05, 3.63) is 57.5 Å². The fourth-order valence-electron chi connectivity index (χ4n) is 1.60. The molecule has 0 radical (unpaired) electrons. The Hall–Kier alpha value is -2.64. The van der Waals surface area contributed by atoms with Gasteiger partial charge in [0.05, 0.1) is 11.8 Å². The third-order valence-corrected chi connectivity index (χ3v) is 2.47. The second-order valence-electron chi connectivity index (χ2n) is 4.23. The molecule has 0 spiro atoms. The molecule has 5 nitrogen and oxygen atoms in total. The van der Waals surface area contributed by atoms with Gasteiger partial charge >= 0.3 is 6.18 Å². The lowest BCUT2D eigenvalue weighted by Crippen LogP contribution is -2.10. The molecule has 1 aromatic heterocycles. The molecule has 1 heterocycles. The Kier molecular flexibility index (Phi) is 4.06. The predicted molar refractivity (Wildman–Crippen MR) is 72.3 cm³/mol. The summed E-state index contributed by atoms with van der Waals surface area (Å²) in [6, 6.07) is 6.02. The molecule has 0 atom stereocenters.